The number of hydrogen-bond acceptors (Lipinski definition) is 4. The Hall–Kier alpha value is -1.88. The third-order valence-corrected chi connectivity index (χ3v) is 2.00. The number of nitrogens with two attached hydrogens (primary N) is 1. The quantitative estimate of drug-likeness (QED) is 0.739. The number of rotatable bonds is 3. The molecular formula is C11H14N2O3. The Morgan fingerprint density at radius 2 is 1.94 bits per heavy atom. The number of hydroxylamine groups is 1. The van der Waals surface area contributed by atoms with Crippen LogP contribution in [0.4, 0.5) is 0 Å². The molecule has 0 spiro atoms. The van der Waals surface area contributed by atoms with Gasteiger partial charge >= 0.3 is 5.97 Å². The third kappa shape index (κ3) is 3.36. The summed E-state index contributed by atoms with van der Waals surface area (Å²) in [5.41, 5.74) is 8.84. The van der Waals surface area contributed by atoms with Gasteiger partial charge in [-0.2, -0.15) is 5.48 Å². The van der Waals surface area contributed by atoms with Crippen molar-refractivity contribution >= 4 is 11.9 Å². The molecule has 0 atom stereocenters. The maximum atomic E-state index is 11.4. The number of benzene rings is 1. The van der Waals surface area contributed by atoms with Gasteiger partial charge in [0.25, 0.3) is 5.91 Å². The van der Waals surface area contributed by atoms with Crippen molar-refractivity contribution in [2.75, 3.05) is 0 Å². The van der Waals surface area contributed by atoms with Crippen molar-refractivity contribution in [3.8, 4) is 0 Å². The Kier molecular flexibility index (Phi) is 4.47. The van der Waals surface area contributed by atoms with Crippen LogP contribution in [-0.2, 0) is 16.2 Å². The molecule has 0 aliphatic rings. The van der Waals surface area contributed by atoms with Crippen molar-refractivity contribution in [3.63, 3.8) is 0 Å². The molecule has 0 radical (unpaired) electrons. The molecule has 16 heavy (non-hydrogen) atoms. The number of hydrogen-bond donors (Lipinski definition) is 2. The van der Waals surface area contributed by atoms with E-state index in [1.165, 1.54) is 0 Å². The molecule has 1 aromatic carbocycles. The molecule has 0 aliphatic carbocycles. The summed E-state index contributed by atoms with van der Waals surface area (Å²) in [6.45, 7) is 2.07. The summed E-state index contributed by atoms with van der Waals surface area (Å²) in [6, 6.07) is 6.74. The van der Waals surface area contributed by atoms with E-state index in [0.717, 1.165) is 5.56 Å². The monoisotopic (exact) mass is 222 g/mol. The van der Waals surface area contributed by atoms with Crippen LogP contribution >= 0.6 is 0 Å². The maximum Gasteiger partial charge on any atom is 0.331 e. The highest BCUT2D eigenvalue weighted by Gasteiger charge is 2.07. The van der Waals surface area contributed by atoms with Crippen LogP contribution in [0.25, 0.3) is 0 Å². The maximum absolute atomic E-state index is 11.4. The Bertz CT molecular complexity index is 373. The topological polar surface area (TPSA) is 81.4 Å². The summed E-state index contributed by atoms with van der Waals surface area (Å²) in [4.78, 5) is 26.7. The molecule has 1 amide bonds. The Balaban J connectivity index is 2.56. The van der Waals surface area contributed by atoms with E-state index < -0.39 is 11.9 Å². The lowest BCUT2D eigenvalue weighted by Crippen LogP contribution is -2.26. The van der Waals surface area contributed by atoms with Gasteiger partial charge in [0.2, 0.25) is 0 Å². The van der Waals surface area contributed by atoms with Crippen LogP contribution in [0.3, 0.4) is 0 Å². The first-order chi connectivity index (χ1) is 7.67. The summed E-state index contributed by atoms with van der Waals surface area (Å²) in [5, 5.41) is 0. The van der Waals surface area contributed by atoms with Gasteiger partial charge < -0.3 is 10.6 Å². The molecule has 0 bridgehead atoms. The van der Waals surface area contributed by atoms with Crippen LogP contribution in [0.15, 0.2) is 24.3 Å². The van der Waals surface area contributed by atoms with Crippen molar-refractivity contribution in [2.24, 2.45) is 5.73 Å². The molecule has 0 aliphatic heterocycles. The van der Waals surface area contributed by atoms with Crippen molar-refractivity contribution in [3.05, 3.63) is 35.4 Å². The van der Waals surface area contributed by atoms with E-state index >= 15 is 0 Å². The first-order valence-electron chi connectivity index (χ1n) is 4.96. The lowest BCUT2D eigenvalue weighted by molar-refractivity contribution is -0.148. The fraction of sp³-hybridized carbons (Fsp3) is 0.273. The normalized spacial score (nSPS) is 9.62. The number of nitrogens with one attached hydrogen (secondary N) is 1. The zero-order valence-electron chi connectivity index (χ0n) is 9.03. The third-order valence-electron chi connectivity index (χ3n) is 2.00. The summed E-state index contributed by atoms with van der Waals surface area (Å²) in [7, 11) is 0. The van der Waals surface area contributed by atoms with E-state index in [4.69, 9.17) is 5.73 Å². The molecule has 5 nitrogen and oxygen atoms in total. The van der Waals surface area contributed by atoms with Gasteiger partial charge in [-0.3, -0.25) is 4.79 Å². The van der Waals surface area contributed by atoms with Gasteiger partial charge in [-0.25, -0.2) is 4.79 Å². The van der Waals surface area contributed by atoms with Gasteiger partial charge in [0.05, 0.1) is 0 Å². The highest BCUT2D eigenvalue weighted by atomic mass is 16.7. The molecule has 0 fully saturated rings. The Morgan fingerprint density at radius 3 is 2.44 bits per heavy atom. The highest BCUT2D eigenvalue weighted by molar-refractivity contribution is 5.94. The van der Waals surface area contributed by atoms with Gasteiger partial charge in [-0.1, -0.05) is 19.1 Å². The van der Waals surface area contributed by atoms with Gasteiger partial charge in [-0.15, -0.1) is 0 Å². The molecule has 0 aromatic heterocycles. The summed E-state index contributed by atoms with van der Waals surface area (Å²) in [5.74, 6) is -0.933. The minimum absolute atomic E-state index is 0.215. The molecule has 1 rings (SSSR count). The summed E-state index contributed by atoms with van der Waals surface area (Å²) in [6.07, 6.45) is 0.215. The number of carbonyl (C=O) groups is 2. The molecule has 0 saturated heterocycles. The van der Waals surface area contributed by atoms with Gasteiger partial charge in [0.15, 0.2) is 0 Å². The average Bonchev–Trinajstić information content (AvgIpc) is 2.35. The van der Waals surface area contributed by atoms with E-state index in [1.54, 1.807) is 31.2 Å². The molecule has 1 aromatic rings. The second kappa shape index (κ2) is 5.87. The molecule has 5 heteroatoms. The molecular weight excluding hydrogens is 208 g/mol. The SMILES string of the molecule is CCC(=O)ONC(=O)c1ccc(CN)cc1. The van der Waals surface area contributed by atoms with Crippen LogP contribution in [0.2, 0.25) is 0 Å². The Labute approximate surface area is 93.5 Å². The van der Waals surface area contributed by atoms with Crippen LogP contribution < -0.4 is 11.2 Å². The predicted molar refractivity (Wildman–Crippen MR) is 58.2 cm³/mol. The largest absolute Gasteiger partial charge is 0.341 e. The molecule has 3 N–H and O–H groups in total. The van der Waals surface area contributed by atoms with Crippen molar-refractivity contribution in [2.45, 2.75) is 19.9 Å². The second-order valence-corrected chi connectivity index (χ2v) is 3.16. The molecule has 0 unspecified atom stereocenters. The molecule has 0 saturated carbocycles. The van der Waals surface area contributed by atoms with Crippen LogP contribution in [-0.4, -0.2) is 11.9 Å². The fourth-order valence-corrected chi connectivity index (χ4v) is 1.03. The van der Waals surface area contributed by atoms with Gasteiger partial charge in [-0.05, 0) is 17.7 Å². The smallest absolute Gasteiger partial charge is 0.331 e. The number of carbonyl (C=O) groups excluding carboxylic acids is 2. The number of amides is 1. The van der Waals surface area contributed by atoms with E-state index in [9.17, 15) is 9.59 Å². The average molecular weight is 222 g/mol. The van der Waals surface area contributed by atoms with Crippen LogP contribution in [0.5, 0.6) is 0 Å². The Morgan fingerprint density at radius 1 is 1.31 bits per heavy atom. The van der Waals surface area contributed by atoms with Crippen LogP contribution in [0.1, 0.15) is 29.3 Å². The van der Waals surface area contributed by atoms with Gasteiger partial charge in [0, 0.05) is 18.5 Å². The minimum Gasteiger partial charge on any atom is -0.341 e. The fourth-order valence-electron chi connectivity index (χ4n) is 1.03. The lowest BCUT2D eigenvalue weighted by atomic mass is 10.1. The van der Waals surface area contributed by atoms with E-state index in [0.29, 0.717) is 12.1 Å². The zero-order valence-corrected chi connectivity index (χ0v) is 9.03. The zero-order chi connectivity index (χ0) is 12.0. The summed E-state index contributed by atoms with van der Waals surface area (Å²) >= 11 is 0. The standard InChI is InChI=1S/C11H14N2O3/c1-2-10(14)16-13-11(15)9-5-3-8(7-12)4-6-9/h3-6H,2,7,12H2,1H3,(H,13,15). The van der Waals surface area contributed by atoms with Crippen molar-refractivity contribution in [1.82, 2.24) is 5.48 Å². The second-order valence-electron chi connectivity index (χ2n) is 3.16. The summed E-state index contributed by atoms with van der Waals surface area (Å²) < 4.78 is 0. The van der Waals surface area contributed by atoms with E-state index in [-0.39, 0.29) is 6.42 Å². The highest BCUT2D eigenvalue weighted by Crippen LogP contribution is 2.03. The minimum atomic E-state index is -0.480. The molecule has 0 heterocycles. The first-order valence-corrected chi connectivity index (χ1v) is 4.96. The van der Waals surface area contributed by atoms with Gasteiger partial charge in [0.1, 0.15) is 0 Å². The van der Waals surface area contributed by atoms with Crippen LogP contribution in [0, 0.1) is 0 Å². The van der Waals surface area contributed by atoms with Crippen molar-refractivity contribution in [1.29, 1.82) is 0 Å². The van der Waals surface area contributed by atoms with Crippen molar-refractivity contribution < 1.29 is 14.4 Å². The lowest BCUT2D eigenvalue weighted by Gasteiger charge is -2.04. The first kappa shape index (κ1) is 12.2. The molecule has 86 valence electrons. The predicted octanol–water partition coefficient (Wildman–Crippen LogP) is 0.743. The van der Waals surface area contributed by atoms with E-state index in [2.05, 4.69) is 10.3 Å². The van der Waals surface area contributed by atoms with E-state index in [1.807, 2.05) is 0 Å².